The zero-order valence-electron chi connectivity index (χ0n) is 21.1. The van der Waals surface area contributed by atoms with Crippen molar-refractivity contribution in [2.75, 3.05) is 13.2 Å². The van der Waals surface area contributed by atoms with Crippen molar-refractivity contribution in [2.45, 2.75) is 140 Å². The lowest BCUT2D eigenvalue weighted by Crippen LogP contribution is -2.59. The van der Waals surface area contributed by atoms with E-state index in [4.69, 9.17) is 15.2 Å². The van der Waals surface area contributed by atoms with Crippen molar-refractivity contribution in [1.29, 1.82) is 0 Å². The molecule has 34 heavy (non-hydrogen) atoms. The van der Waals surface area contributed by atoms with E-state index in [2.05, 4.69) is 6.92 Å². The minimum Gasteiger partial charge on any atom is -0.394 e. The summed E-state index contributed by atoms with van der Waals surface area (Å²) in [6.45, 7) is 1.61. The number of nitrogens with two attached hydrogens (primary N) is 1. The van der Waals surface area contributed by atoms with E-state index in [1.807, 2.05) is 6.08 Å². The van der Waals surface area contributed by atoms with Gasteiger partial charge >= 0.3 is 0 Å². The summed E-state index contributed by atoms with van der Waals surface area (Å²) >= 11 is 0. The summed E-state index contributed by atoms with van der Waals surface area (Å²) in [5.41, 5.74) is 5.94. The zero-order chi connectivity index (χ0) is 25.2. The Hall–Kier alpha value is -0.580. The van der Waals surface area contributed by atoms with Crippen LogP contribution in [-0.4, -0.2) is 81.6 Å². The standard InChI is InChI=1S/C26H51NO7/c1-2-3-4-5-6-7-8-9-10-11-12-13-14-15-16-17-21(29)20(27)19-33-26-25(32)24(31)23(30)22(18-28)34-26/h16-17,20-26,28-32H,2-15,18-19,27H2,1H3/b17-16+/t20-,21+,22+,23+,24-,25+,26+/m0/s1. The first-order valence-corrected chi connectivity index (χ1v) is 13.4. The quantitative estimate of drug-likeness (QED) is 0.113. The maximum atomic E-state index is 10.2. The second-order valence-electron chi connectivity index (χ2n) is 9.64. The average molecular weight is 490 g/mol. The Morgan fingerprint density at radius 1 is 0.824 bits per heavy atom. The van der Waals surface area contributed by atoms with Gasteiger partial charge in [-0.3, -0.25) is 0 Å². The van der Waals surface area contributed by atoms with Gasteiger partial charge in [0.15, 0.2) is 6.29 Å². The number of hydrogen-bond acceptors (Lipinski definition) is 8. The Kier molecular flexibility index (Phi) is 18.1. The van der Waals surface area contributed by atoms with Crippen molar-refractivity contribution in [3.05, 3.63) is 12.2 Å². The summed E-state index contributed by atoms with van der Waals surface area (Å²) in [5, 5.41) is 48.9. The van der Waals surface area contributed by atoms with Gasteiger partial charge in [-0.25, -0.2) is 0 Å². The Labute approximate surface area is 206 Å². The number of unbranched alkanes of at least 4 members (excludes halogenated alkanes) is 13. The molecular weight excluding hydrogens is 438 g/mol. The van der Waals surface area contributed by atoms with Gasteiger partial charge in [-0.15, -0.1) is 0 Å². The summed E-state index contributed by atoms with van der Waals surface area (Å²) in [6.07, 6.45) is 14.0. The van der Waals surface area contributed by atoms with Crippen LogP contribution < -0.4 is 5.73 Å². The van der Waals surface area contributed by atoms with Crippen LogP contribution in [0.1, 0.15) is 96.8 Å². The highest BCUT2D eigenvalue weighted by molar-refractivity contribution is 4.94. The molecule has 0 saturated carbocycles. The number of aliphatic hydroxyl groups excluding tert-OH is 5. The van der Waals surface area contributed by atoms with Crippen LogP contribution >= 0.6 is 0 Å². The van der Waals surface area contributed by atoms with Crippen LogP contribution in [-0.2, 0) is 9.47 Å². The van der Waals surface area contributed by atoms with E-state index in [9.17, 15) is 25.5 Å². The average Bonchev–Trinajstić information content (AvgIpc) is 2.84. The van der Waals surface area contributed by atoms with Gasteiger partial charge in [0.25, 0.3) is 0 Å². The lowest BCUT2D eigenvalue weighted by atomic mass is 9.99. The maximum Gasteiger partial charge on any atom is 0.186 e. The molecule has 1 heterocycles. The summed E-state index contributed by atoms with van der Waals surface area (Å²) < 4.78 is 10.6. The molecule has 0 aromatic rings. The Morgan fingerprint density at radius 3 is 1.88 bits per heavy atom. The van der Waals surface area contributed by atoms with E-state index in [0.717, 1.165) is 12.8 Å². The highest BCUT2D eigenvalue weighted by Gasteiger charge is 2.44. The number of aliphatic hydroxyl groups is 5. The molecule has 0 spiro atoms. The predicted octanol–water partition coefficient (Wildman–Crippen LogP) is 2.53. The molecule has 0 unspecified atom stereocenters. The summed E-state index contributed by atoms with van der Waals surface area (Å²) in [5.74, 6) is 0. The highest BCUT2D eigenvalue weighted by Crippen LogP contribution is 2.22. The lowest BCUT2D eigenvalue weighted by Gasteiger charge is -2.39. The van der Waals surface area contributed by atoms with E-state index < -0.39 is 49.5 Å². The van der Waals surface area contributed by atoms with Crippen LogP contribution in [0.25, 0.3) is 0 Å². The molecule has 0 amide bonds. The minimum absolute atomic E-state index is 0.118. The van der Waals surface area contributed by atoms with E-state index in [1.54, 1.807) is 6.08 Å². The number of allylic oxidation sites excluding steroid dienone is 1. The van der Waals surface area contributed by atoms with Crippen molar-refractivity contribution in [3.8, 4) is 0 Å². The van der Waals surface area contributed by atoms with Crippen molar-refractivity contribution in [1.82, 2.24) is 0 Å². The fourth-order valence-corrected chi connectivity index (χ4v) is 4.17. The third-order valence-corrected chi connectivity index (χ3v) is 6.55. The molecular formula is C26H51NO7. The molecule has 1 fully saturated rings. The third kappa shape index (κ3) is 12.9. The van der Waals surface area contributed by atoms with E-state index in [1.165, 1.54) is 77.0 Å². The van der Waals surface area contributed by atoms with Crippen LogP contribution in [0.4, 0.5) is 0 Å². The largest absolute Gasteiger partial charge is 0.394 e. The van der Waals surface area contributed by atoms with Crippen LogP contribution in [0.2, 0.25) is 0 Å². The molecule has 8 heteroatoms. The van der Waals surface area contributed by atoms with Crippen LogP contribution in [0.3, 0.4) is 0 Å². The number of ether oxygens (including phenoxy) is 2. The summed E-state index contributed by atoms with van der Waals surface area (Å²) in [6, 6.07) is -0.740. The van der Waals surface area contributed by atoms with Gasteiger partial charge in [-0.1, -0.05) is 96.1 Å². The van der Waals surface area contributed by atoms with Gasteiger partial charge < -0.3 is 40.7 Å². The SMILES string of the molecule is CCCCCCCCCCCCCCC/C=C/[C@@H](O)[C@@H](N)CO[C@@H]1O[C@H](CO)[C@@H](O)[C@H](O)[C@H]1O. The second-order valence-corrected chi connectivity index (χ2v) is 9.64. The molecule has 0 aromatic heterocycles. The van der Waals surface area contributed by atoms with Gasteiger partial charge in [0, 0.05) is 0 Å². The molecule has 1 saturated heterocycles. The summed E-state index contributed by atoms with van der Waals surface area (Å²) in [7, 11) is 0. The van der Waals surface area contributed by atoms with Crippen LogP contribution in [0, 0.1) is 0 Å². The first kappa shape index (κ1) is 31.4. The Balaban J connectivity index is 2.04. The zero-order valence-corrected chi connectivity index (χ0v) is 21.1. The van der Waals surface area contributed by atoms with Gasteiger partial charge in [-0.05, 0) is 12.8 Å². The van der Waals surface area contributed by atoms with Crippen LogP contribution in [0.15, 0.2) is 12.2 Å². The Morgan fingerprint density at radius 2 is 1.35 bits per heavy atom. The first-order valence-electron chi connectivity index (χ1n) is 13.4. The molecule has 0 radical (unpaired) electrons. The monoisotopic (exact) mass is 489 g/mol. The van der Waals surface area contributed by atoms with E-state index >= 15 is 0 Å². The molecule has 7 atom stereocenters. The van der Waals surface area contributed by atoms with Gasteiger partial charge in [0.05, 0.1) is 25.4 Å². The minimum atomic E-state index is -1.50. The first-order chi connectivity index (χ1) is 16.4. The fraction of sp³-hybridized carbons (Fsp3) is 0.923. The topological polar surface area (TPSA) is 146 Å². The third-order valence-electron chi connectivity index (χ3n) is 6.55. The predicted molar refractivity (Wildman–Crippen MR) is 133 cm³/mol. The van der Waals surface area contributed by atoms with Crippen molar-refractivity contribution < 1.29 is 35.0 Å². The van der Waals surface area contributed by atoms with Gasteiger partial charge in [0.2, 0.25) is 0 Å². The van der Waals surface area contributed by atoms with Gasteiger partial charge in [0.1, 0.15) is 24.4 Å². The smallest absolute Gasteiger partial charge is 0.186 e. The molecule has 1 aliphatic heterocycles. The fourth-order valence-electron chi connectivity index (χ4n) is 4.17. The molecule has 0 aromatic carbocycles. The Bertz CT molecular complexity index is 506. The van der Waals surface area contributed by atoms with Crippen LogP contribution in [0.5, 0.6) is 0 Å². The second kappa shape index (κ2) is 19.6. The molecule has 202 valence electrons. The molecule has 1 aliphatic rings. The maximum absolute atomic E-state index is 10.2. The lowest BCUT2D eigenvalue weighted by molar-refractivity contribution is -0.302. The number of rotatable bonds is 20. The van der Waals surface area contributed by atoms with E-state index in [-0.39, 0.29) is 6.61 Å². The highest BCUT2D eigenvalue weighted by atomic mass is 16.7. The number of hydrogen-bond donors (Lipinski definition) is 6. The molecule has 0 bridgehead atoms. The molecule has 7 N–H and O–H groups in total. The molecule has 0 aliphatic carbocycles. The van der Waals surface area contributed by atoms with Crippen molar-refractivity contribution >= 4 is 0 Å². The van der Waals surface area contributed by atoms with Gasteiger partial charge in [-0.2, -0.15) is 0 Å². The normalized spacial score (nSPS) is 27.3. The molecule has 1 rings (SSSR count). The summed E-state index contributed by atoms with van der Waals surface area (Å²) in [4.78, 5) is 0. The van der Waals surface area contributed by atoms with Crippen molar-refractivity contribution in [3.63, 3.8) is 0 Å². The van der Waals surface area contributed by atoms with Crippen molar-refractivity contribution in [2.24, 2.45) is 5.73 Å². The molecule has 8 nitrogen and oxygen atoms in total. The van der Waals surface area contributed by atoms with E-state index in [0.29, 0.717) is 0 Å².